The molecule has 1 aromatic rings. The predicted octanol–water partition coefficient (Wildman–Crippen LogP) is 5.18. The second kappa shape index (κ2) is 7.39. The van der Waals surface area contributed by atoms with Crippen LogP contribution in [-0.2, 0) is 19.0 Å². The van der Waals surface area contributed by atoms with E-state index in [9.17, 15) is 9.59 Å². The van der Waals surface area contributed by atoms with E-state index in [1.54, 1.807) is 0 Å². The predicted molar refractivity (Wildman–Crippen MR) is 122 cm³/mol. The lowest BCUT2D eigenvalue weighted by atomic mass is 9.39. The molecule has 0 aromatic heterocycles. The highest BCUT2D eigenvalue weighted by Gasteiger charge is 2.75. The van der Waals surface area contributed by atoms with Crippen LogP contribution in [0.3, 0.4) is 0 Å². The van der Waals surface area contributed by atoms with Crippen molar-refractivity contribution in [2.45, 2.75) is 77.1 Å². The van der Waals surface area contributed by atoms with Crippen LogP contribution in [0.4, 0.5) is 0 Å². The first kappa shape index (κ1) is 21.8. The Balaban J connectivity index is 1.40. The number of carbonyl (C=O) groups is 2. The van der Waals surface area contributed by atoms with Crippen molar-refractivity contribution in [1.29, 1.82) is 0 Å². The normalized spacial score (nSPS) is 45.3. The third-order valence-electron chi connectivity index (χ3n) is 10.7. The van der Waals surface area contributed by atoms with Crippen LogP contribution in [0.1, 0.15) is 75.6 Å². The Bertz CT molecular complexity index is 939. The maximum absolute atomic E-state index is 13.1. The highest BCUT2D eigenvalue weighted by Crippen LogP contribution is 2.77. The molecular weight excluding hydrogens is 416 g/mol. The van der Waals surface area contributed by atoms with E-state index in [2.05, 4.69) is 13.8 Å². The Kier molecular flexibility index (Phi) is 4.88. The Morgan fingerprint density at radius 3 is 2.58 bits per heavy atom. The first-order chi connectivity index (χ1) is 15.9. The molecule has 2 spiro atoms. The summed E-state index contributed by atoms with van der Waals surface area (Å²) < 4.78 is 19.0. The van der Waals surface area contributed by atoms with E-state index in [-0.39, 0.29) is 40.2 Å². The monoisotopic (exact) mass is 452 g/mol. The third kappa shape index (κ3) is 2.84. The van der Waals surface area contributed by atoms with Gasteiger partial charge < -0.3 is 19.0 Å². The van der Waals surface area contributed by atoms with Gasteiger partial charge in [-0.3, -0.25) is 0 Å². The lowest BCUT2D eigenvalue weighted by Gasteiger charge is -2.67. The highest BCUT2D eigenvalue weighted by molar-refractivity contribution is 5.89. The minimum absolute atomic E-state index is 0.00916. The molecule has 5 nitrogen and oxygen atoms in total. The summed E-state index contributed by atoms with van der Waals surface area (Å²) in [5.74, 6) is -0.382. The van der Waals surface area contributed by atoms with E-state index in [4.69, 9.17) is 14.2 Å². The van der Waals surface area contributed by atoms with Gasteiger partial charge in [0, 0.05) is 23.7 Å². The van der Waals surface area contributed by atoms with Crippen molar-refractivity contribution in [2.24, 2.45) is 34.0 Å². The molecule has 178 valence electrons. The smallest absolute Gasteiger partial charge is 0.338 e. The molecular formula is C28H36O5. The van der Waals surface area contributed by atoms with Crippen LogP contribution < -0.4 is 0 Å². The first-order valence-corrected chi connectivity index (χ1v) is 12.9. The third-order valence-corrected chi connectivity index (χ3v) is 10.7. The fraction of sp³-hybridized carbons (Fsp3) is 0.714. The Morgan fingerprint density at radius 1 is 1.09 bits per heavy atom. The van der Waals surface area contributed by atoms with E-state index >= 15 is 0 Å². The summed E-state index contributed by atoms with van der Waals surface area (Å²) in [4.78, 5) is 25.5. The van der Waals surface area contributed by atoms with Crippen molar-refractivity contribution < 1.29 is 23.8 Å². The molecule has 0 N–H and O–H groups in total. The van der Waals surface area contributed by atoms with Gasteiger partial charge in [0.2, 0.25) is 0 Å². The highest BCUT2D eigenvalue weighted by atomic mass is 16.7. The van der Waals surface area contributed by atoms with Crippen LogP contribution in [0, 0.1) is 34.0 Å². The average Bonchev–Trinajstić information content (AvgIpc) is 3.42. The van der Waals surface area contributed by atoms with Crippen LogP contribution >= 0.6 is 0 Å². The van der Waals surface area contributed by atoms with Crippen molar-refractivity contribution in [3.63, 3.8) is 0 Å². The maximum Gasteiger partial charge on any atom is 0.338 e. The van der Waals surface area contributed by atoms with Gasteiger partial charge in [0.25, 0.3) is 0 Å². The van der Waals surface area contributed by atoms with E-state index in [1.807, 2.05) is 30.3 Å². The quantitative estimate of drug-likeness (QED) is 0.467. The molecule has 33 heavy (non-hydrogen) atoms. The van der Waals surface area contributed by atoms with Gasteiger partial charge in [0.1, 0.15) is 12.4 Å². The molecule has 5 aliphatic rings. The Morgan fingerprint density at radius 2 is 1.85 bits per heavy atom. The van der Waals surface area contributed by atoms with Gasteiger partial charge in [0.05, 0.1) is 18.8 Å². The molecule has 4 aliphatic carbocycles. The fourth-order valence-corrected chi connectivity index (χ4v) is 9.27. The molecule has 7 atom stereocenters. The fourth-order valence-electron chi connectivity index (χ4n) is 9.27. The lowest BCUT2D eigenvalue weighted by molar-refractivity contribution is -0.292. The summed E-state index contributed by atoms with van der Waals surface area (Å²) in [6.07, 6.45) is 8.99. The van der Waals surface area contributed by atoms with E-state index in [0.29, 0.717) is 24.7 Å². The van der Waals surface area contributed by atoms with Gasteiger partial charge in [-0.2, -0.15) is 0 Å². The molecule has 0 unspecified atom stereocenters. The van der Waals surface area contributed by atoms with E-state index < -0.39 is 5.79 Å². The number of ether oxygens (including phenoxy) is 3. The number of esters is 1. The number of hydrogen-bond donors (Lipinski definition) is 0. The lowest BCUT2D eigenvalue weighted by Crippen LogP contribution is -2.65. The standard InChI is InChI=1S/C28H36O5/c1-25-11-12-27(18-25)21(16-28(25)31-13-14-32-28)15-22(33-24(30)19-7-4-3-5-8-19)23-20(17-29)9-6-10-26(23,27)2/h3-5,7-8,17,20-23H,6,9-16,18H2,1-2H3/t20-,21-,22+,23+,25-,26-,27-/m0/s1. The molecule has 5 fully saturated rings. The van der Waals surface area contributed by atoms with Crippen LogP contribution in [0.25, 0.3) is 0 Å². The van der Waals surface area contributed by atoms with Crippen molar-refractivity contribution >= 4 is 12.3 Å². The minimum Gasteiger partial charge on any atom is -0.458 e. The van der Waals surface area contributed by atoms with Crippen molar-refractivity contribution in [3.8, 4) is 0 Å². The summed E-state index contributed by atoms with van der Waals surface area (Å²) in [6.45, 7) is 6.11. The molecule has 4 saturated carbocycles. The van der Waals surface area contributed by atoms with Crippen LogP contribution in [-0.4, -0.2) is 37.4 Å². The molecule has 1 saturated heterocycles. The van der Waals surface area contributed by atoms with Gasteiger partial charge in [-0.15, -0.1) is 0 Å². The summed E-state index contributed by atoms with van der Waals surface area (Å²) in [5, 5.41) is 0. The van der Waals surface area contributed by atoms with Gasteiger partial charge in [0.15, 0.2) is 5.79 Å². The summed E-state index contributed by atoms with van der Waals surface area (Å²) >= 11 is 0. The van der Waals surface area contributed by atoms with Crippen molar-refractivity contribution in [3.05, 3.63) is 35.9 Å². The summed E-state index contributed by atoms with van der Waals surface area (Å²) in [7, 11) is 0. The Labute approximate surface area is 196 Å². The number of rotatable bonds is 3. The summed E-state index contributed by atoms with van der Waals surface area (Å²) in [6, 6.07) is 9.25. The number of fused-ring (bicyclic) bond motifs is 3. The van der Waals surface area contributed by atoms with E-state index in [0.717, 1.165) is 57.7 Å². The molecule has 5 heteroatoms. The molecule has 1 aliphatic heterocycles. The van der Waals surface area contributed by atoms with Crippen LogP contribution in [0.2, 0.25) is 0 Å². The zero-order chi connectivity index (χ0) is 22.9. The number of carbonyl (C=O) groups excluding carboxylic acids is 2. The number of aldehydes is 1. The average molecular weight is 453 g/mol. The van der Waals surface area contributed by atoms with Crippen molar-refractivity contribution in [2.75, 3.05) is 13.2 Å². The molecule has 6 rings (SSSR count). The zero-order valence-corrected chi connectivity index (χ0v) is 19.9. The molecule has 1 aromatic carbocycles. The van der Waals surface area contributed by atoms with Gasteiger partial charge in [-0.25, -0.2) is 4.79 Å². The van der Waals surface area contributed by atoms with Crippen molar-refractivity contribution in [1.82, 2.24) is 0 Å². The molecule has 1 heterocycles. The second-order valence-corrected chi connectivity index (χ2v) is 11.9. The van der Waals surface area contributed by atoms with Crippen LogP contribution in [0.15, 0.2) is 30.3 Å². The zero-order valence-electron chi connectivity index (χ0n) is 19.9. The first-order valence-electron chi connectivity index (χ1n) is 12.9. The molecule has 0 amide bonds. The molecule has 0 radical (unpaired) electrons. The summed E-state index contributed by atoms with van der Waals surface area (Å²) in [5.41, 5.74) is 0.716. The van der Waals surface area contributed by atoms with Gasteiger partial charge in [-0.05, 0) is 67.4 Å². The molecule has 2 bridgehead atoms. The number of benzene rings is 1. The minimum atomic E-state index is -0.506. The van der Waals surface area contributed by atoms with Gasteiger partial charge >= 0.3 is 5.97 Å². The van der Waals surface area contributed by atoms with E-state index in [1.165, 1.54) is 0 Å². The SMILES string of the molecule is C[C@]12CC[C@]3(C1)[C@@H](C[C@@H](OC(=O)c1ccccc1)[C@H]1[C@H](C=O)CCC[C@@]13C)CC21OCCO1. The Hall–Kier alpha value is -1.72. The topological polar surface area (TPSA) is 61.8 Å². The largest absolute Gasteiger partial charge is 0.458 e. The maximum atomic E-state index is 13.1. The second-order valence-electron chi connectivity index (χ2n) is 11.9. The number of hydrogen-bond acceptors (Lipinski definition) is 5. The van der Waals surface area contributed by atoms with Crippen LogP contribution in [0.5, 0.6) is 0 Å². The van der Waals surface area contributed by atoms with Gasteiger partial charge in [-0.1, -0.05) is 38.5 Å².